The third kappa shape index (κ3) is 5.13. The minimum absolute atomic E-state index is 0.751. The van der Waals surface area contributed by atoms with Gasteiger partial charge in [0, 0.05) is 4.47 Å². The molecule has 1 atom stereocenters. The van der Waals surface area contributed by atoms with E-state index in [0.717, 1.165) is 19.0 Å². The summed E-state index contributed by atoms with van der Waals surface area (Å²) in [6.45, 7) is 6.75. The number of rotatable bonds is 7. The van der Waals surface area contributed by atoms with Crippen LogP contribution in [0.25, 0.3) is 0 Å². The molecule has 1 aromatic rings. The van der Waals surface area contributed by atoms with E-state index in [9.17, 15) is 0 Å². The monoisotopic (exact) mass is 283 g/mol. The van der Waals surface area contributed by atoms with E-state index in [1.807, 2.05) is 0 Å². The molecule has 1 unspecified atom stereocenters. The molecule has 0 aliphatic carbocycles. The standard InChI is InChI=1S/C14H22BrN/c1-3-8-16-11-12(4-2)9-13-6-5-7-14(15)10-13/h5-7,10,12,16H,3-4,8-9,11H2,1-2H3. The fraction of sp³-hybridized carbons (Fsp3) is 0.571. The number of hydrogen-bond acceptors (Lipinski definition) is 1. The van der Waals surface area contributed by atoms with Gasteiger partial charge in [-0.05, 0) is 49.5 Å². The van der Waals surface area contributed by atoms with Crippen LogP contribution in [-0.2, 0) is 6.42 Å². The van der Waals surface area contributed by atoms with Gasteiger partial charge in [-0.25, -0.2) is 0 Å². The van der Waals surface area contributed by atoms with Crippen LogP contribution in [0.2, 0.25) is 0 Å². The molecular formula is C14H22BrN. The first-order valence-electron chi connectivity index (χ1n) is 6.21. The van der Waals surface area contributed by atoms with Crippen molar-refractivity contribution in [1.29, 1.82) is 0 Å². The lowest BCUT2D eigenvalue weighted by Crippen LogP contribution is -2.24. The van der Waals surface area contributed by atoms with Crippen molar-refractivity contribution in [2.24, 2.45) is 5.92 Å². The zero-order valence-electron chi connectivity index (χ0n) is 10.3. The molecule has 0 fully saturated rings. The smallest absolute Gasteiger partial charge is 0.0177 e. The van der Waals surface area contributed by atoms with E-state index in [4.69, 9.17) is 0 Å². The molecule has 0 aliphatic rings. The van der Waals surface area contributed by atoms with Gasteiger partial charge in [0.15, 0.2) is 0 Å². The maximum atomic E-state index is 3.52. The first kappa shape index (κ1) is 13.7. The van der Waals surface area contributed by atoms with Gasteiger partial charge in [0.25, 0.3) is 0 Å². The average molecular weight is 284 g/mol. The highest BCUT2D eigenvalue weighted by molar-refractivity contribution is 9.10. The van der Waals surface area contributed by atoms with Gasteiger partial charge in [0.2, 0.25) is 0 Å². The van der Waals surface area contributed by atoms with E-state index in [1.54, 1.807) is 0 Å². The average Bonchev–Trinajstić information content (AvgIpc) is 2.28. The Morgan fingerprint density at radius 3 is 2.75 bits per heavy atom. The predicted molar refractivity (Wildman–Crippen MR) is 74.8 cm³/mol. The summed E-state index contributed by atoms with van der Waals surface area (Å²) in [6, 6.07) is 8.64. The molecule has 0 amide bonds. The van der Waals surface area contributed by atoms with Crippen LogP contribution in [0.3, 0.4) is 0 Å². The van der Waals surface area contributed by atoms with Crippen LogP contribution in [0.4, 0.5) is 0 Å². The predicted octanol–water partition coefficient (Wildman–Crippen LogP) is 4.02. The Morgan fingerprint density at radius 2 is 2.12 bits per heavy atom. The summed E-state index contributed by atoms with van der Waals surface area (Å²) in [4.78, 5) is 0. The van der Waals surface area contributed by atoms with Crippen LogP contribution in [0.1, 0.15) is 32.3 Å². The van der Waals surface area contributed by atoms with Gasteiger partial charge in [-0.15, -0.1) is 0 Å². The van der Waals surface area contributed by atoms with Crippen molar-refractivity contribution in [2.75, 3.05) is 13.1 Å². The molecule has 0 heterocycles. The van der Waals surface area contributed by atoms with E-state index in [1.165, 1.54) is 29.3 Å². The Kier molecular flexibility index (Phi) is 6.74. The summed E-state index contributed by atoms with van der Waals surface area (Å²) in [7, 11) is 0. The van der Waals surface area contributed by atoms with Crippen molar-refractivity contribution < 1.29 is 0 Å². The summed E-state index contributed by atoms with van der Waals surface area (Å²) in [6.07, 6.45) is 3.63. The van der Waals surface area contributed by atoms with Crippen molar-refractivity contribution in [3.05, 3.63) is 34.3 Å². The van der Waals surface area contributed by atoms with Gasteiger partial charge in [-0.3, -0.25) is 0 Å². The molecule has 0 spiro atoms. The van der Waals surface area contributed by atoms with Gasteiger partial charge >= 0.3 is 0 Å². The first-order chi connectivity index (χ1) is 7.76. The van der Waals surface area contributed by atoms with Gasteiger partial charge in [-0.1, -0.05) is 48.3 Å². The quantitative estimate of drug-likeness (QED) is 0.746. The molecule has 2 heteroatoms. The molecule has 90 valence electrons. The summed E-state index contributed by atoms with van der Waals surface area (Å²) in [5, 5.41) is 3.51. The molecule has 1 nitrogen and oxygen atoms in total. The zero-order valence-corrected chi connectivity index (χ0v) is 11.9. The fourth-order valence-electron chi connectivity index (χ4n) is 1.84. The van der Waals surface area contributed by atoms with E-state index in [0.29, 0.717) is 0 Å². The maximum Gasteiger partial charge on any atom is 0.0177 e. The maximum absolute atomic E-state index is 3.52. The molecule has 0 saturated heterocycles. The van der Waals surface area contributed by atoms with Crippen LogP contribution in [0, 0.1) is 5.92 Å². The van der Waals surface area contributed by atoms with Gasteiger partial charge in [0.1, 0.15) is 0 Å². The van der Waals surface area contributed by atoms with Crippen LogP contribution in [0.5, 0.6) is 0 Å². The van der Waals surface area contributed by atoms with Crippen molar-refractivity contribution in [2.45, 2.75) is 33.1 Å². The SMILES string of the molecule is CCCNCC(CC)Cc1cccc(Br)c1. The molecular weight excluding hydrogens is 262 g/mol. The zero-order chi connectivity index (χ0) is 11.8. The second kappa shape index (κ2) is 7.86. The third-order valence-corrected chi connectivity index (χ3v) is 3.34. The van der Waals surface area contributed by atoms with Crippen LogP contribution >= 0.6 is 15.9 Å². The first-order valence-corrected chi connectivity index (χ1v) is 7.00. The largest absolute Gasteiger partial charge is 0.316 e. The molecule has 0 aromatic heterocycles. The van der Waals surface area contributed by atoms with E-state index in [2.05, 4.69) is 59.4 Å². The summed E-state index contributed by atoms with van der Waals surface area (Å²) < 4.78 is 1.18. The second-order valence-electron chi connectivity index (χ2n) is 4.31. The molecule has 0 radical (unpaired) electrons. The second-order valence-corrected chi connectivity index (χ2v) is 5.23. The van der Waals surface area contributed by atoms with Gasteiger partial charge in [-0.2, -0.15) is 0 Å². The lowest BCUT2D eigenvalue weighted by Gasteiger charge is -2.15. The fourth-order valence-corrected chi connectivity index (χ4v) is 2.29. The highest BCUT2D eigenvalue weighted by Gasteiger charge is 2.06. The summed E-state index contributed by atoms with van der Waals surface area (Å²) in [5.74, 6) is 0.751. The minimum Gasteiger partial charge on any atom is -0.316 e. The van der Waals surface area contributed by atoms with Crippen LogP contribution in [-0.4, -0.2) is 13.1 Å². The van der Waals surface area contributed by atoms with E-state index < -0.39 is 0 Å². The summed E-state index contributed by atoms with van der Waals surface area (Å²) in [5.41, 5.74) is 1.43. The molecule has 0 bridgehead atoms. The third-order valence-electron chi connectivity index (χ3n) is 2.85. The molecule has 1 aromatic carbocycles. The molecule has 0 saturated carbocycles. The van der Waals surface area contributed by atoms with E-state index in [-0.39, 0.29) is 0 Å². The normalized spacial score (nSPS) is 12.7. The van der Waals surface area contributed by atoms with Crippen molar-refractivity contribution in [1.82, 2.24) is 5.32 Å². The number of nitrogens with one attached hydrogen (secondary N) is 1. The Balaban J connectivity index is 2.43. The highest BCUT2D eigenvalue weighted by Crippen LogP contribution is 2.16. The molecule has 16 heavy (non-hydrogen) atoms. The number of halogens is 1. The Morgan fingerprint density at radius 1 is 1.31 bits per heavy atom. The van der Waals surface area contributed by atoms with Crippen molar-refractivity contribution in [3.8, 4) is 0 Å². The van der Waals surface area contributed by atoms with Crippen LogP contribution in [0.15, 0.2) is 28.7 Å². The van der Waals surface area contributed by atoms with Crippen molar-refractivity contribution >= 4 is 15.9 Å². The van der Waals surface area contributed by atoms with Crippen LogP contribution < -0.4 is 5.32 Å². The number of benzene rings is 1. The molecule has 1 N–H and O–H groups in total. The number of hydrogen-bond donors (Lipinski definition) is 1. The lowest BCUT2D eigenvalue weighted by atomic mass is 9.97. The lowest BCUT2D eigenvalue weighted by molar-refractivity contribution is 0.460. The Hall–Kier alpha value is -0.340. The Labute approximate surface area is 108 Å². The van der Waals surface area contributed by atoms with E-state index >= 15 is 0 Å². The van der Waals surface area contributed by atoms with Gasteiger partial charge in [0.05, 0.1) is 0 Å². The highest BCUT2D eigenvalue weighted by atomic mass is 79.9. The van der Waals surface area contributed by atoms with Crippen molar-refractivity contribution in [3.63, 3.8) is 0 Å². The minimum atomic E-state index is 0.751. The summed E-state index contributed by atoms with van der Waals surface area (Å²) >= 11 is 3.52. The molecule has 0 aliphatic heterocycles. The topological polar surface area (TPSA) is 12.0 Å². The van der Waals surface area contributed by atoms with Gasteiger partial charge < -0.3 is 5.32 Å². The Bertz CT molecular complexity index is 299. The molecule has 1 rings (SSSR count).